The van der Waals surface area contributed by atoms with Crippen LogP contribution in [-0.2, 0) is 4.79 Å². The van der Waals surface area contributed by atoms with E-state index >= 15 is 0 Å². The highest BCUT2D eigenvalue weighted by Crippen LogP contribution is 2.42. The lowest BCUT2D eigenvalue weighted by Crippen LogP contribution is -2.16. The molecule has 178 valence electrons. The molecule has 0 aliphatic carbocycles. The average molecular weight is 559 g/mol. The number of carbonyl (C=O) groups is 1. The molecule has 0 amide bonds. The van der Waals surface area contributed by atoms with Gasteiger partial charge in [-0.05, 0) is 42.8 Å². The van der Waals surface area contributed by atoms with Crippen molar-refractivity contribution in [1.29, 1.82) is 5.41 Å². The number of aromatic nitrogens is 1. The first-order valence-corrected chi connectivity index (χ1v) is 12.7. The Labute approximate surface area is 219 Å². The molecular weight excluding hydrogens is 540 g/mol. The fraction of sp³-hybridized carbons (Fsp3) is 0.174. The molecule has 0 aliphatic heterocycles. The highest BCUT2D eigenvalue weighted by molar-refractivity contribution is 8.01. The predicted molar refractivity (Wildman–Crippen MR) is 142 cm³/mol. The number of anilines is 1. The topological polar surface area (TPSA) is 86.1 Å². The number of hydrogen-bond donors (Lipinski definition) is 3. The van der Waals surface area contributed by atoms with E-state index in [2.05, 4.69) is 10.3 Å². The molecule has 3 aromatic rings. The SMILES string of the molecule is CC(=N)/C(=C(\Nc1nc(-c2ccc(Cl)c(Cl)c2)c(SC(C)C)s1)C(=O)O)c1cc(F)cc(Cl)c1. The number of thioether (sulfide) groups is 1. The van der Waals surface area contributed by atoms with Crippen LogP contribution in [0.2, 0.25) is 15.1 Å². The maximum Gasteiger partial charge on any atom is 0.353 e. The van der Waals surface area contributed by atoms with Gasteiger partial charge in [0, 0.05) is 27.1 Å². The first-order chi connectivity index (χ1) is 16.0. The molecule has 1 heterocycles. The average Bonchev–Trinajstić information content (AvgIpc) is 3.10. The quantitative estimate of drug-likeness (QED) is 0.147. The van der Waals surface area contributed by atoms with Crippen LogP contribution in [0, 0.1) is 11.2 Å². The van der Waals surface area contributed by atoms with Crippen LogP contribution in [0.1, 0.15) is 26.3 Å². The fourth-order valence-corrected chi connectivity index (χ4v) is 6.01. The summed E-state index contributed by atoms with van der Waals surface area (Å²) in [5.41, 5.74) is 1.12. The summed E-state index contributed by atoms with van der Waals surface area (Å²) in [5.74, 6) is -1.97. The number of rotatable bonds is 8. The van der Waals surface area contributed by atoms with Crippen molar-refractivity contribution in [2.45, 2.75) is 30.2 Å². The lowest BCUT2D eigenvalue weighted by Gasteiger charge is -2.13. The molecule has 34 heavy (non-hydrogen) atoms. The molecule has 1 aromatic heterocycles. The number of halogens is 4. The van der Waals surface area contributed by atoms with Crippen LogP contribution in [0.25, 0.3) is 16.8 Å². The van der Waals surface area contributed by atoms with Crippen LogP contribution in [0.5, 0.6) is 0 Å². The van der Waals surface area contributed by atoms with Gasteiger partial charge < -0.3 is 15.8 Å². The van der Waals surface area contributed by atoms with E-state index in [-0.39, 0.29) is 32.8 Å². The number of nitrogens with zero attached hydrogens (tertiary/aromatic N) is 1. The third kappa shape index (κ3) is 6.31. The summed E-state index contributed by atoms with van der Waals surface area (Å²) < 4.78 is 14.8. The number of benzene rings is 2. The Bertz CT molecular complexity index is 1290. The molecule has 5 nitrogen and oxygen atoms in total. The van der Waals surface area contributed by atoms with Gasteiger partial charge in [0.2, 0.25) is 0 Å². The standard InChI is InChI=1S/C23H19Cl3FN3O2S2/c1-10(2)33-22-19(12-4-5-16(25)17(26)8-12)29-23(34-22)30-20(21(31)32)18(11(3)28)13-6-14(24)9-15(27)7-13/h4-10,28H,1-3H3,(H,29,30)(H,31,32)/b20-18+,28-11?. The Kier molecular flexibility index (Phi) is 8.65. The zero-order valence-corrected chi connectivity index (χ0v) is 22.1. The highest BCUT2D eigenvalue weighted by Gasteiger charge is 2.23. The number of allylic oxidation sites excluding steroid dienone is 1. The second-order valence-electron chi connectivity index (χ2n) is 7.41. The number of thiazole rings is 1. The second-order valence-corrected chi connectivity index (χ2v) is 11.5. The Balaban J connectivity index is 2.15. The normalized spacial score (nSPS) is 12.0. The molecule has 0 aliphatic rings. The summed E-state index contributed by atoms with van der Waals surface area (Å²) in [6.45, 7) is 5.48. The molecule has 3 N–H and O–H groups in total. The van der Waals surface area contributed by atoms with Crippen molar-refractivity contribution in [3.63, 3.8) is 0 Å². The van der Waals surface area contributed by atoms with Gasteiger partial charge in [-0.1, -0.05) is 66.1 Å². The molecule has 0 saturated heterocycles. The number of carboxylic acid groups (broad SMARTS) is 1. The zero-order chi connectivity index (χ0) is 25.2. The third-order valence-electron chi connectivity index (χ3n) is 4.35. The van der Waals surface area contributed by atoms with Gasteiger partial charge in [-0.2, -0.15) is 0 Å². The lowest BCUT2D eigenvalue weighted by atomic mass is 9.99. The van der Waals surface area contributed by atoms with Gasteiger partial charge in [-0.15, -0.1) is 11.8 Å². The van der Waals surface area contributed by atoms with Crippen molar-refractivity contribution >= 4 is 80.3 Å². The first-order valence-electron chi connectivity index (χ1n) is 9.85. The minimum absolute atomic E-state index is 0.00162. The van der Waals surface area contributed by atoms with Crippen molar-refractivity contribution < 1.29 is 14.3 Å². The molecular formula is C23H19Cl3FN3O2S2. The summed E-state index contributed by atoms with van der Waals surface area (Å²) in [6.07, 6.45) is 0. The van der Waals surface area contributed by atoms with E-state index in [4.69, 9.17) is 40.2 Å². The zero-order valence-electron chi connectivity index (χ0n) is 18.2. The highest BCUT2D eigenvalue weighted by atomic mass is 35.5. The largest absolute Gasteiger partial charge is 0.477 e. The van der Waals surface area contributed by atoms with Crippen LogP contribution < -0.4 is 5.32 Å². The predicted octanol–water partition coefficient (Wildman–Crippen LogP) is 8.36. The summed E-state index contributed by atoms with van der Waals surface area (Å²) in [5, 5.41) is 22.4. The Morgan fingerprint density at radius 1 is 1.18 bits per heavy atom. The number of aliphatic carboxylic acids is 1. The Morgan fingerprint density at radius 2 is 1.88 bits per heavy atom. The smallest absolute Gasteiger partial charge is 0.353 e. The number of nitrogens with one attached hydrogen (secondary N) is 2. The Morgan fingerprint density at radius 3 is 2.44 bits per heavy atom. The van der Waals surface area contributed by atoms with Crippen molar-refractivity contribution in [3.05, 3.63) is 68.5 Å². The molecule has 11 heteroatoms. The molecule has 0 spiro atoms. The maximum atomic E-state index is 14.0. The van der Waals surface area contributed by atoms with E-state index < -0.39 is 11.8 Å². The minimum atomic E-state index is -1.33. The van der Waals surface area contributed by atoms with Crippen LogP contribution in [-0.4, -0.2) is 27.0 Å². The molecule has 0 radical (unpaired) electrons. The molecule has 0 fully saturated rings. The van der Waals surface area contributed by atoms with Gasteiger partial charge in [0.05, 0.1) is 19.9 Å². The third-order valence-corrected chi connectivity index (χ3v) is 7.49. The summed E-state index contributed by atoms with van der Waals surface area (Å²) in [7, 11) is 0. The van der Waals surface area contributed by atoms with E-state index in [9.17, 15) is 14.3 Å². The number of carboxylic acids is 1. The van der Waals surface area contributed by atoms with Gasteiger partial charge in [-0.3, -0.25) is 0 Å². The van der Waals surface area contributed by atoms with Crippen LogP contribution >= 0.6 is 57.9 Å². The van der Waals surface area contributed by atoms with E-state index in [1.165, 1.54) is 24.3 Å². The van der Waals surface area contributed by atoms with Gasteiger partial charge >= 0.3 is 5.97 Å². The van der Waals surface area contributed by atoms with E-state index in [1.807, 2.05) is 13.8 Å². The molecule has 0 unspecified atom stereocenters. The molecule has 2 aromatic carbocycles. The summed E-state index contributed by atoms with van der Waals surface area (Å²) >= 11 is 21.1. The van der Waals surface area contributed by atoms with Crippen LogP contribution in [0.3, 0.4) is 0 Å². The maximum absolute atomic E-state index is 14.0. The summed E-state index contributed by atoms with van der Waals surface area (Å²) in [6, 6.07) is 8.80. The molecule has 0 bridgehead atoms. The van der Waals surface area contributed by atoms with Crippen LogP contribution in [0.4, 0.5) is 9.52 Å². The van der Waals surface area contributed by atoms with Crippen LogP contribution in [0.15, 0.2) is 46.3 Å². The second kappa shape index (κ2) is 11.1. The van der Waals surface area contributed by atoms with Gasteiger partial charge in [-0.25, -0.2) is 14.2 Å². The van der Waals surface area contributed by atoms with Crippen molar-refractivity contribution in [3.8, 4) is 11.3 Å². The van der Waals surface area contributed by atoms with Gasteiger partial charge in [0.15, 0.2) is 5.13 Å². The van der Waals surface area contributed by atoms with E-state index in [0.717, 1.165) is 21.9 Å². The summed E-state index contributed by atoms with van der Waals surface area (Å²) in [4.78, 5) is 16.8. The van der Waals surface area contributed by atoms with E-state index in [1.54, 1.807) is 30.0 Å². The van der Waals surface area contributed by atoms with Gasteiger partial charge in [0.25, 0.3) is 0 Å². The van der Waals surface area contributed by atoms with Crippen molar-refractivity contribution in [2.24, 2.45) is 0 Å². The molecule has 0 atom stereocenters. The molecule has 0 saturated carbocycles. The first kappa shape index (κ1) is 26.5. The monoisotopic (exact) mass is 557 g/mol. The van der Waals surface area contributed by atoms with E-state index in [0.29, 0.717) is 20.9 Å². The van der Waals surface area contributed by atoms with Crippen molar-refractivity contribution in [1.82, 2.24) is 4.98 Å². The van der Waals surface area contributed by atoms with Crippen molar-refractivity contribution in [2.75, 3.05) is 5.32 Å². The lowest BCUT2D eigenvalue weighted by molar-refractivity contribution is -0.132. The molecule has 3 rings (SSSR count). The Hall–Kier alpha value is -2.10. The van der Waals surface area contributed by atoms with Gasteiger partial charge in [0.1, 0.15) is 11.5 Å². The fourth-order valence-electron chi connectivity index (χ4n) is 3.06. The number of hydrogen-bond acceptors (Lipinski definition) is 6. The minimum Gasteiger partial charge on any atom is -0.477 e.